The molecule has 0 spiro atoms. The van der Waals surface area contributed by atoms with Crippen molar-refractivity contribution < 1.29 is 8.85 Å². The monoisotopic (exact) mass is 436 g/mol. The van der Waals surface area contributed by atoms with E-state index in [0.717, 1.165) is 34.9 Å². The Labute approximate surface area is 185 Å². The number of aryl methyl sites for hydroxylation is 1. The van der Waals surface area contributed by atoms with Gasteiger partial charge in [0.05, 0.1) is 8.07 Å². The summed E-state index contributed by atoms with van der Waals surface area (Å²) < 4.78 is 12.0. The summed E-state index contributed by atoms with van der Waals surface area (Å²) in [6.45, 7) is 12.0. The van der Waals surface area contributed by atoms with Crippen LogP contribution in [0.25, 0.3) is 0 Å². The first-order valence-corrected chi connectivity index (χ1v) is 15.3. The number of benzene rings is 2. The predicted octanol–water partition coefficient (Wildman–Crippen LogP) is 5.48. The second kappa shape index (κ2) is 12.0. The quantitative estimate of drug-likeness (QED) is 0.288. The fourth-order valence-electron chi connectivity index (χ4n) is 4.41. The van der Waals surface area contributed by atoms with Gasteiger partial charge in [-0.1, -0.05) is 85.3 Å². The lowest BCUT2D eigenvalue weighted by Gasteiger charge is -2.29. The third-order valence-corrected chi connectivity index (χ3v) is 14.2. The summed E-state index contributed by atoms with van der Waals surface area (Å²) in [6.07, 6.45) is 8.56. The van der Waals surface area contributed by atoms with Crippen LogP contribution in [0.3, 0.4) is 0 Å². The highest BCUT2D eigenvalue weighted by Crippen LogP contribution is 2.29. The summed E-state index contributed by atoms with van der Waals surface area (Å²) in [6, 6.07) is 23.8. The van der Waals surface area contributed by atoms with Gasteiger partial charge in [0, 0.05) is 14.2 Å². The summed E-state index contributed by atoms with van der Waals surface area (Å²) in [5.74, 6) is 0. The van der Waals surface area contributed by atoms with Crippen LogP contribution in [0.1, 0.15) is 12.0 Å². The van der Waals surface area contributed by atoms with E-state index in [1.54, 1.807) is 14.2 Å². The zero-order valence-electron chi connectivity index (χ0n) is 18.6. The molecule has 0 aliphatic heterocycles. The van der Waals surface area contributed by atoms with Crippen LogP contribution in [-0.4, -0.2) is 30.9 Å². The summed E-state index contributed by atoms with van der Waals surface area (Å²) in [4.78, 5) is 0. The van der Waals surface area contributed by atoms with E-state index < -0.39 is 16.6 Å². The number of hydrogen-bond acceptors (Lipinski definition) is 2. The summed E-state index contributed by atoms with van der Waals surface area (Å²) in [5, 5.41) is 2.26. The van der Waals surface area contributed by atoms with E-state index in [9.17, 15) is 0 Å². The lowest BCUT2D eigenvalue weighted by molar-refractivity contribution is 0.272. The molecule has 2 aromatic rings. The zero-order valence-corrected chi connectivity index (χ0v) is 20.6. The first kappa shape index (κ1) is 24.3. The van der Waals surface area contributed by atoms with E-state index in [0.29, 0.717) is 0 Å². The standard InChI is InChI=1S/C26H36O2Si2/c1-6-20-29(21-7-2,22-8-3)23-12-13-24-16-18-26(19-17-24)30(27-4,28-5)25-14-10-9-11-15-25/h6-11,14-19H,1-3,12-13,20-23H2,4-5H3. The Morgan fingerprint density at radius 3 is 1.70 bits per heavy atom. The van der Waals surface area contributed by atoms with Gasteiger partial charge in [0.1, 0.15) is 0 Å². The number of allylic oxidation sites excluding steroid dienone is 3. The highest BCUT2D eigenvalue weighted by atomic mass is 28.4. The van der Waals surface area contributed by atoms with E-state index in [-0.39, 0.29) is 0 Å². The van der Waals surface area contributed by atoms with Crippen molar-refractivity contribution in [1.82, 2.24) is 0 Å². The van der Waals surface area contributed by atoms with Crippen LogP contribution in [0.2, 0.25) is 24.2 Å². The van der Waals surface area contributed by atoms with Crippen LogP contribution in [0.4, 0.5) is 0 Å². The normalized spacial score (nSPS) is 11.8. The van der Waals surface area contributed by atoms with Crippen molar-refractivity contribution in [1.29, 1.82) is 0 Å². The molecule has 0 bridgehead atoms. The van der Waals surface area contributed by atoms with Gasteiger partial charge in [0.15, 0.2) is 0 Å². The molecule has 0 saturated heterocycles. The molecule has 0 unspecified atom stereocenters. The van der Waals surface area contributed by atoms with Crippen molar-refractivity contribution in [3.63, 3.8) is 0 Å². The van der Waals surface area contributed by atoms with Crippen molar-refractivity contribution in [2.24, 2.45) is 0 Å². The van der Waals surface area contributed by atoms with Crippen molar-refractivity contribution in [3.8, 4) is 0 Å². The van der Waals surface area contributed by atoms with Gasteiger partial charge in [0.2, 0.25) is 0 Å². The van der Waals surface area contributed by atoms with E-state index in [1.807, 2.05) is 18.2 Å². The SMILES string of the molecule is C=CC[Si](CC=C)(CC=C)CCCc1ccc([Si](OC)(OC)c2ccccc2)cc1. The summed E-state index contributed by atoms with van der Waals surface area (Å²) >= 11 is 0. The Bertz CT molecular complexity index is 769. The smallest absolute Gasteiger partial charge is 0.391 e. The van der Waals surface area contributed by atoms with Crippen LogP contribution in [0.15, 0.2) is 92.6 Å². The molecule has 0 aliphatic rings. The predicted molar refractivity (Wildman–Crippen MR) is 136 cm³/mol. The number of hydrogen-bond donors (Lipinski definition) is 0. The molecule has 2 nitrogen and oxygen atoms in total. The van der Waals surface area contributed by atoms with E-state index >= 15 is 0 Å². The molecule has 0 N–H and O–H groups in total. The molecule has 30 heavy (non-hydrogen) atoms. The van der Waals surface area contributed by atoms with Crippen LogP contribution < -0.4 is 10.4 Å². The molecular weight excluding hydrogens is 400 g/mol. The van der Waals surface area contributed by atoms with E-state index in [4.69, 9.17) is 8.85 Å². The molecule has 0 amide bonds. The lowest BCUT2D eigenvalue weighted by atomic mass is 10.1. The summed E-state index contributed by atoms with van der Waals surface area (Å²) in [5.41, 5.74) is 1.36. The van der Waals surface area contributed by atoms with Crippen LogP contribution >= 0.6 is 0 Å². The summed E-state index contributed by atoms with van der Waals surface area (Å²) in [7, 11) is -0.572. The molecular formula is C26H36O2Si2. The van der Waals surface area contributed by atoms with Gasteiger partial charge in [-0.3, -0.25) is 0 Å². The second-order valence-corrected chi connectivity index (χ2v) is 15.8. The number of rotatable bonds is 14. The Kier molecular flexibility index (Phi) is 9.72. The molecule has 160 valence electrons. The average Bonchev–Trinajstić information content (AvgIpc) is 2.77. The van der Waals surface area contributed by atoms with Gasteiger partial charge in [-0.15, -0.1) is 19.7 Å². The van der Waals surface area contributed by atoms with Gasteiger partial charge >= 0.3 is 8.56 Å². The molecule has 0 atom stereocenters. The largest absolute Gasteiger partial charge is 0.406 e. The second-order valence-electron chi connectivity index (χ2n) is 7.92. The average molecular weight is 437 g/mol. The van der Waals surface area contributed by atoms with Gasteiger partial charge < -0.3 is 8.85 Å². The van der Waals surface area contributed by atoms with Crippen LogP contribution in [0, 0.1) is 0 Å². The fraction of sp³-hybridized carbons (Fsp3) is 0.308. The minimum Gasteiger partial charge on any atom is -0.391 e. The van der Waals surface area contributed by atoms with Crippen LogP contribution in [-0.2, 0) is 15.3 Å². The Hall–Kier alpha value is -1.99. The van der Waals surface area contributed by atoms with Crippen molar-refractivity contribution in [3.05, 3.63) is 98.1 Å². The first-order valence-electron chi connectivity index (χ1n) is 10.7. The first-order chi connectivity index (χ1) is 14.6. The maximum absolute atomic E-state index is 6.00. The van der Waals surface area contributed by atoms with Gasteiger partial charge in [-0.05, 0) is 40.5 Å². The van der Waals surface area contributed by atoms with Crippen LogP contribution in [0.5, 0.6) is 0 Å². The minimum absolute atomic E-state index is 1.08. The molecule has 0 saturated carbocycles. The molecule has 0 aliphatic carbocycles. The minimum atomic E-state index is -2.64. The van der Waals surface area contributed by atoms with Gasteiger partial charge in [0.25, 0.3) is 0 Å². The van der Waals surface area contributed by atoms with Crippen molar-refractivity contribution >= 4 is 27.0 Å². The van der Waals surface area contributed by atoms with E-state index in [1.165, 1.54) is 18.0 Å². The van der Waals surface area contributed by atoms with Crippen molar-refractivity contribution in [2.45, 2.75) is 37.0 Å². The highest BCUT2D eigenvalue weighted by molar-refractivity contribution is 6.92. The highest BCUT2D eigenvalue weighted by Gasteiger charge is 2.40. The maximum atomic E-state index is 6.00. The maximum Gasteiger partial charge on any atom is 0.406 e. The van der Waals surface area contributed by atoms with E-state index in [2.05, 4.69) is 74.4 Å². The van der Waals surface area contributed by atoms with Gasteiger partial charge in [-0.2, -0.15) is 0 Å². The van der Waals surface area contributed by atoms with Crippen molar-refractivity contribution in [2.75, 3.05) is 14.2 Å². The molecule has 2 rings (SSSR count). The Morgan fingerprint density at radius 1 is 0.733 bits per heavy atom. The lowest BCUT2D eigenvalue weighted by Crippen LogP contribution is -2.62. The third kappa shape index (κ3) is 5.79. The fourth-order valence-corrected chi connectivity index (χ4v) is 11.0. The zero-order chi connectivity index (χ0) is 21.9. The third-order valence-electron chi connectivity index (χ3n) is 5.97. The molecule has 0 fully saturated rings. The Morgan fingerprint density at radius 2 is 1.23 bits per heavy atom. The molecule has 0 radical (unpaired) electrons. The molecule has 0 heterocycles. The molecule has 4 heteroatoms. The van der Waals surface area contributed by atoms with Gasteiger partial charge in [-0.25, -0.2) is 0 Å². The Balaban J connectivity index is 2.12. The molecule has 2 aromatic carbocycles. The topological polar surface area (TPSA) is 18.5 Å². The molecule has 0 aromatic heterocycles.